The smallest absolute Gasteiger partial charge is 0.412 e. The number of carbonyl (C=O) groups excluding carboxylic acids is 2. The van der Waals surface area contributed by atoms with Crippen molar-refractivity contribution < 1.29 is 14.3 Å². The first-order chi connectivity index (χ1) is 9.15. The number of alkyl carbamates (subject to hydrolysis) is 1. The van der Waals surface area contributed by atoms with Gasteiger partial charge in [-0.25, -0.2) is 4.79 Å². The number of ether oxygens (including phenoxy) is 1. The first-order valence-corrected chi connectivity index (χ1v) is 6.89. The van der Waals surface area contributed by atoms with Crippen LogP contribution >= 0.6 is 0 Å². The van der Waals surface area contributed by atoms with E-state index in [1.54, 1.807) is 13.0 Å². The van der Waals surface area contributed by atoms with Crippen molar-refractivity contribution in [2.45, 2.75) is 52.4 Å². The molecule has 0 heterocycles. The summed E-state index contributed by atoms with van der Waals surface area (Å²) in [6.07, 6.45) is 8.38. The number of unbranched alkanes of at least 4 members (excludes halogenated alkanes) is 4. The summed E-state index contributed by atoms with van der Waals surface area (Å²) in [4.78, 5) is 23.2. The van der Waals surface area contributed by atoms with E-state index in [-0.39, 0.29) is 12.4 Å². The second kappa shape index (κ2) is 11.5. The molecule has 0 rings (SSSR count). The fourth-order valence-electron chi connectivity index (χ4n) is 1.61. The lowest BCUT2D eigenvalue weighted by atomic mass is 10.1. The van der Waals surface area contributed by atoms with Crippen LogP contribution in [-0.2, 0) is 9.53 Å². The summed E-state index contributed by atoms with van der Waals surface area (Å²) < 4.78 is 4.77. The molecule has 0 fully saturated rings. The highest BCUT2D eigenvalue weighted by Crippen LogP contribution is 2.08. The molecule has 0 radical (unpaired) electrons. The summed E-state index contributed by atoms with van der Waals surface area (Å²) in [6, 6.07) is 0. The van der Waals surface area contributed by atoms with Crippen LogP contribution in [0.4, 0.5) is 4.79 Å². The molecule has 4 heteroatoms. The fourth-order valence-corrected chi connectivity index (χ4v) is 1.61. The molecule has 0 spiro atoms. The van der Waals surface area contributed by atoms with E-state index in [1.807, 2.05) is 0 Å². The molecule has 108 valence electrons. The van der Waals surface area contributed by atoms with Crippen molar-refractivity contribution in [1.29, 1.82) is 0 Å². The molecule has 1 N–H and O–H groups in total. The van der Waals surface area contributed by atoms with Crippen molar-refractivity contribution >= 4 is 11.9 Å². The molecule has 0 aliphatic rings. The van der Waals surface area contributed by atoms with E-state index < -0.39 is 6.09 Å². The lowest BCUT2D eigenvalue weighted by Crippen LogP contribution is -2.28. The maximum atomic E-state index is 11.9. The van der Waals surface area contributed by atoms with Crippen molar-refractivity contribution in [2.24, 2.45) is 0 Å². The topological polar surface area (TPSA) is 55.4 Å². The van der Waals surface area contributed by atoms with Gasteiger partial charge in [-0.1, -0.05) is 51.3 Å². The number of carbonyl (C=O) groups is 2. The van der Waals surface area contributed by atoms with Crippen molar-refractivity contribution in [3.8, 4) is 0 Å². The minimum absolute atomic E-state index is 0.0467. The van der Waals surface area contributed by atoms with E-state index in [2.05, 4.69) is 18.8 Å². The number of Topliss-reactive ketones (excluding diaryl/α,β-unsaturated/α-hetero) is 1. The van der Waals surface area contributed by atoms with Gasteiger partial charge in [-0.3, -0.25) is 10.1 Å². The molecule has 0 bridgehead atoms. The summed E-state index contributed by atoms with van der Waals surface area (Å²) in [6.45, 7) is 7.45. The quantitative estimate of drug-likeness (QED) is 0.373. The summed E-state index contributed by atoms with van der Waals surface area (Å²) in [5.41, 5.74) is 0.310. The summed E-state index contributed by atoms with van der Waals surface area (Å²) in [5.74, 6) is -0.0467. The van der Waals surface area contributed by atoms with Crippen LogP contribution in [0.2, 0.25) is 0 Å². The highest BCUT2D eigenvalue weighted by atomic mass is 16.5. The van der Waals surface area contributed by atoms with Crippen LogP contribution < -0.4 is 5.32 Å². The highest BCUT2D eigenvalue weighted by molar-refractivity contribution is 5.97. The Morgan fingerprint density at radius 2 is 1.89 bits per heavy atom. The molecule has 0 atom stereocenters. The molecule has 0 aromatic heterocycles. The van der Waals surface area contributed by atoms with Gasteiger partial charge in [0.15, 0.2) is 5.78 Å². The zero-order valence-corrected chi connectivity index (χ0v) is 12.0. The van der Waals surface area contributed by atoms with Crippen LogP contribution in [0.3, 0.4) is 0 Å². The van der Waals surface area contributed by atoms with E-state index in [0.717, 1.165) is 19.3 Å². The second-order valence-corrected chi connectivity index (χ2v) is 4.30. The minimum Gasteiger partial charge on any atom is -0.445 e. The van der Waals surface area contributed by atoms with Crippen molar-refractivity contribution in [3.63, 3.8) is 0 Å². The molecule has 0 saturated carbocycles. The number of hydrogen-bond donors (Lipinski definition) is 1. The first-order valence-electron chi connectivity index (χ1n) is 6.89. The van der Waals surface area contributed by atoms with Crippen LogP contribution in [0.1, 0.15) is 52.4 Å². The van der Waals surface area contributed by atoms with Gasteiger partial charge in [-0.2, -0.15) is 0 Å². The van der Waals surface area contributed by atoms with Crippen LogP contribution in [0, 0.1) is 0 Å². The molecule has 4 nitrogen and oxygen atoms in total. The normalized spacial score (nSPS) is 10.9. The first kappa shape index (κ1) is 17.4. The van der Waals surface area contributed by atoms with Gasteiger partial charge < -0.3 is 4.74 Å². The standard InChI is InChI=1S/C15H25NO3/c1-4-7-8-9-10-11-14(17)13(6-3)16-15(18)19-12-5-2/h5-6H,2,4,7-12H2,1,3H3,(H,16,18)/b13-6-. The Bertz CT molecular complexity index is 321. The third kappa shape index (κ3) is 9.05. The Hall–Kier alpha value is -1.58. The minimum atomic E-state index is -0.618. The average molecular weight is 267 g/mol. The van der Waals surface area contributed by atoms with Crippen LogP contribution in [-0.4, -0.2) is 18.5 Å². The fraction of sp³-hybridized carbons (Fsp3) is 0.600. The molecule has 0 aliphatic carbocycles. The third-order valence-electron chi connectivity index (χ3n) is 2.67. The van der Waals surface area contributed by atoms with Gasteiger partial charge in [0.05, 0.1) is 5.70 Å². The lowest BCUT2D eigenvalue weighted by molar-refractivity contribution is -0.116. The molecular formula is C15H25NO3. The van der Waals surface area contributed by atoms with Gasteiger partial charge in [0.2, 0.25) is 0 Å². The molecule has 0 aliphatic heterocycles. The van der Waals surface area contributed by atoms with Gasteiger partial charge in [0, 0.05) is 6.42 Å². The Labute approximate surface area is 115 Å². The number of ketones is 1. The zero-order valence-electron chi connectivity index (χ0n) is 12.0. The summed E-state index contributed by atoms with van der Waals surface area (Å²) >= 11 is 0. The molecule has 0 saturated heterocycles. The maximum absolute atomic E-state index is 11.9. The Morgan fingerprint density at radius 3 is 2.47 bits per heavy atom. The number of allylic oxidation sites excluding steroid dienone is 2. The van der Waals surface area contributed by atoms with Crippen LogP contribution in [0.25, 0.3) is 0 Å². The summed E-state index contributed by atoms with van der Waals surface area (Å²) in [5, 5.41) is 2.46. The molecule has 0 aromatic carbocycles. The van der Waals surface area contributed by atoms with Crippen LogP contribution in [0.5, 0.6) is 0 Å². The van der Waals surface area contributed by atoms with E-state index in [0.29, 0.717) is 12.1 Å². The molecular weight excluding hydrogens is 242 g/mol. The molecule has 0 aromatic rings. The number of nitrogens with one attached hydrogen (secondary N) is 1. The number of rotatable bonds is 10. The number of amides is 1. The van der Waals surface area contributed by atoms with E-state index >= 15 is 0 Å². The van der Waals surface area contributed by atoms with Gasteiger partial charge in [0.1, 0.15) is 6.61 Å². The average Bonchev–Trinajstić information content (AvgIpc) is 2.41. The molecule has 0 unspecified atom stereocenters. The lowest BCUT2D eigenvalue weighted by Gasteiger charge is -2.08. The van der Waals surface area contributed by atoms with Crippen molar-refractivity contribution in [1.82, 2.24) is 5.32 Å². The predicted molar refractivity (Wildman–Crippen MR) is 76.8 cm³/mol. The van der Waals surface area contributed by atoms with E-state index in [9.17, 15) is 9.59 Å². The maximum Gasteiger partial charge on any atom is 0.412 e. The van der Waals surface area contributed by atoms with Gasteiger partial charge in [0.25, 0.3) is 0 Å². The van der Waals surface area contributed by atoms with Crippen LogP contribution in [0.15, 0.2) is 24.4 Å². The second-order valence-electron chi connectivity index (χ2n) is 4.30. The molecule has 19 heavy (non-hydrogen) atoms. The van der Waals surface area contributed by atoms with E-state index in [4.69, 9.17) is 4.74 Å². The largest absolute Gasteiger partial charge is 0.445 e. The monoisotopic (exact) mass is 267 g/mol. The van der Waals surface area contributed by atoms with Crippen molar-refractivity contribution in [2.75, 3.05) is 6.61 Å². The highest BCUT2D eigenvalue weighted by Gasteiger charge is 2.12. The predicted octanol–water partition coefficient (Wildman–Crippen LogP) is 3.73. The zero-order chi connectivity index (χ0) is 14.5. The Morgan fingerprint density at radius 1 is 1.21 bits per heavy atom. The third-order valence-corrected chi connectivity index (χ3v) is 2.67. The van der Waals surface area contributed by atoms with Gasteiger partial charge in [-0.15, -0.1) is 0 Å². The van der Waals surface area contributed by atoms with Gasteiger partial charge >= 0.3 is 6.09 Å². The van der Waals surface area contributed by atoms with E-state index in [1.165, 1.54) is 18.9 Å². The Kier molecular flexibility index (Phi) is 10.6. The SMILES string of the molecule is C=CCOC(=O)N/C(=C\C)C(=O)CCCCCCC. The number of hydrogen-bond acceptors (Lipinski definition) is 3. The van der Waals surface area contributed by atoms with Crippen molar-refractivity contribution in [3.05, 3.63) is 24.4 Å². The summed E-state index contributed by atoms with van der Waals surface area (Å²) in [7, 11) is 0. The Balaban J connectivity index is 3.98. The molecule has 1 amide bonds. The van der Waals surface area contributed by atoms with Gasteiger partial charge in [-0.05, 0) is 13.3 Å².